The molecule has 8 nitrogen and oxygen atoms in total. The van der Waals surface area contributed by atoms with Gasteiger partial charge in [0.15, 0.2) is 0 Å². The van der Waals surface area contributed by atoms with E-state index in [1.807, 2.05) is 0 Å². The highest BCUT2D eigenvalue weighted by atomic mass is 16.7. The van der Waals surface area contributed by atoms with Crippen molar-refractivity contribution in [3.05, 3.63) is 17.5 Å². The van der Waals surface area contributed by atoms with Crippen molar-refractivity contribution in [2.45, 2.75) is 40.2 Å². The Balaban J connectivity index is 3.05. The van der Waals surface area contributed by atoms with Crippen LogP contribution < -0.4 is 4.84 Å². The lowest BCUT2D eigenvalue weighted by Crippen LogP contribution is -2.47. The Bertz CT molecular complexity index is 546. The van der Waals surface area contributed by atoms with E-state index in [1.54, 1.807) is 40.7 Å². The molecule has 0 aliphatic rings. The monoisotopic (exact) mass is 310 g/mol. The van der Waals surface area contributed by atoms with Gasteiger partial charge < -0.3 is 14.5 Å². The summed E-state index contributed by atoms with van der Waals surface area (Å²) in [6.07, 6.45) is -0.936. The van der Waals surface area contributed by atoms with Crippen molar-refractivity contribution in [2.75, 3.05) is 14.1 Å². The molecule has 22 heavy (non-hydrogen) atoms. The van der Waals surface area contributed by atoms with E-state index in [-0.39, 0.29) is 6.01 Å². The molecule has 0 aliphatic heterocycles. The van der Waals surface area contributed by atoms with Gasteiger partial charge in [-0.25, -0.2) is 9.59 Å². The van der Waals surface area contributed by atoms with Crippen LogP contribution in [0.25, 0.3) is 0 Å². The highest BCUT2D eigenvalue weighted by Gasteiger charge is 2.31. The van der Waals surface area contributed by atoms with Gasteiger partial charge in [-0.15, -0.1) is 0 Å². The van der Waals surface area contributed by atoms with Crippen LogP contribution in [0.2, 0.25) is 0 Å². The Morgan fingerprint density at radius 1 is 1.09 bits per heavy atom. The Morgan fingerprint density at radius 2 is 1.59 bits per heavy atom. The van der Waals surface area contributed by atoms with Crippen molar-refractivity contribution in [3.8, 4) is 6.01 Å². The molecule has 0 spiro atoms. The number of aryl methyl sites for hydroxylation is 2. The minimum Gasteiger partial charge on any atom is -0.441 e. The molecular formula is C14H22N4O4. The molecule has 122 valence electrons. The Hall–Kier alpha value is -2.38. The van der Waals surface area contributed by atoms with Crippen LogP contribution in [0, 0.1) is 13.8 Å². The number of rotatable bonds is 2. The number of ether oxygens (including phenoxy) is 1. The largest absolute Gasteiger partial charge is 0.453 e. The summed E-state index contributed by atoms with van der Waals surface area (Å²) in [7, 11) is 2.98. The average Bonchev–Trinajstić information content (AvgIpc) is 2.31. The maximum Gasteiger partial charge on any atom is 0.453 e. The lowest BCUT2D eigenvalue weighted by Gasteiger charge is -2.26. The van der Waals surface area contributed by atoms with E-state index in [0.29, 0.717) is 16.5 Å². The SMILES string of the molecule is Cc1cc(C)nc(ON(C(=O)OC(C)(C)C)C(=O)N(C)C)n1. The minimum absolute atomic E-state index is 0.0986. The number of hydrogen-bond acceptors (Lipinski definition) is 6. The Kier molecular flexibility index (Phi) is 5.29. The number of aromatic nitrogens is 2. The van der Waals surface area contributed by atoms with Crippen molar-refractivity contribution in [3.63, 3.8) is 0 Å². The quantitative estimate of drug-likeness (QED) is 0.779. The molecule has 1 aromatic heterocycles. The fourth-order valence-electron chi connectivity index (χ4n) is 1.46. The third-order valence-corrected chi connectivity index (χ3v) is 2.25. The number of imide groups is 1. The van der Waals surface area contributed by atoms with E-state index in [9.17, 15) is 9.59 Å². The number of carbonyl (C=O) groups is 2. The van der Waals surface area contributed by atoms with Crippen LogP contribution in [-0.2, 0) is 4.74 Å². The summed E-state index contributed by atoms with van der Waals surface area (Å²) in [5.41, 5.74) is 0.544. The van der Waals surface area contributed by atoms with Crippen LogP contribution in [0.4, 0.5) is 9.59 Å². The molecule has 0 saturated heterocycles. The zero-order valence-electron chi connectivity index (χ0n) is 14.0. The molecule has 0 radical (unpaired) electrons. The first-order valence-corrected chi connectivity index (χ1v) is 6.74. The van der Waals surface area contributed by atoms with E-state index in [0.717, 1.165) is 0 Å². The second kappa shape index (κ2) is 6.59. The molecule has 8 heteroatoms. The molecule has 1 rings (SSSR count). The van der Waals surface area contributed by atoms with Gasteiger partial charge in [0.05, 0.1) is 0 Å². The fraction of sp³-hybridized carbons (Fsp3) is 0.571. The summed E-state index contributed by atoms with van der Waals surface area (Å²) in [4.78, 5) is 38.8. The molecular weight excluding hydrogens is 288 g/mol. The number of urea groups is 1. The molecule has 0 saturated carbocycles. The third kappa shape index (κ3) is 5.19. The number of nitrogens with zero attached hydrogens (tertiary/aromatic N) is 4. The van der Waals surface area contributed by atoms with Crippen LogP contribution in [-0.4, -0.2) is 51.8 Å². The summed E-state index contributed by atoms with van der Waals surface area (Å²) in [6, 6.07) is 0.953. The van der Waals surface area contributed by atoms with Gasteiger partial charge in [0.2, 0.25) is 0 Å². The minimum atomic E-state index is -0.936. The molecule has 1 aromatic rings. The maximum absolute atomic E-state index is 12.2. The average molecular weight is 310 g/mol. The van der Waals surface area contributed by atoms with Crippen molar-refractivity contribution in [1.29, 1.82) is 0 Å². The van der Waals surface area contributed by atoms with Gasteiger partial charge >= 0.3 is 18.1 Å². The standard InChI is InChI=1S/C14H22N4O4/c1-9-8-10(2)16-11(15-9)22-18(12(19)17(6)7)13(20)21-14(3,4)5/h8H,1-7H3. The van der Waals surface area contributed by atoms with E-state index in [1.165, 1.54) is 19.0 Å². The fourth-order valence-corrected chi connectivity index (χ4v) is 1.46. The van der Waals surface area contributed by atoms with Gasteiger partial charge in [0.25, 0.3) is 0 Å². The smallest absolute Gasteiger partial charge is 0.441 e. The molecule has 0 unspecified atom stereocenters. The first-order valence-electron chi connectivity index (χ1n) is 6.74. The Labute approximate surface area is 130 Å². The number of amides is 3. The topological polar surface area (TPSA) is 84.9 Å². The van der Waals surface area contributed by atoms with Gasteiger partial charge in [-0.2, -0.15) is 9.97 Å². The number of hydrogen-bond donors (Lipinski definition) is 0. The first kappa shape index (κ1) is 17.7. The lowest BCUT2D eigenvalue weighted by molar-refractivity contribution is -0.0542. The van der Waals surface area contributed by atoms with Crippen molar-refractivity contribution in [2.24, 2.45) is 0 Å². The molecule has 0 N–H and O–H groups in total. The molecule has 1 heterocycles. The second-order valence-electron chi connectivity index (χ2n) is 5.98. The Morgan fingerprint density at radius 3 is 2.00 bits per heavy atom. The number of hydroxylamine groups is 2. The third-order valence-electron chi connectivity index (χ3n) is 2.25. The second-order valence-corrected chi connectivity index (χ2v) is 5.98. The molecule has 0 bridgehead atoms. The molecule has 0 fully saturated rings. The number of carbonyl (C=O) groups excluding carboxylic acids is 2. The van der Waals surface area contributed by atoms with Crippen molar-refractivity contribution >= 4 is 12.1 Å². The summed E-state index contributed by atoms with van der Waals surface area (Å²) in [5.74, 6) is 0. The highest BCUT2D eigenvalue weighted by molar-refractivity contribution is 5.89. The van der Waals surface area contributed by atoms with Gasteiger partial charge in [-0.3, -0.25) is 0 Å². The maximum atomic E-state index is 12.2. The zero-order chi connectivity index (χ0) is 17.1. The molecule has 3 amide bonds. The van der Waals surface area contributed by atoms with Crippen LogP contribution >= 0.6 is 0 Å². The van der Waals surface area contributed by atoms with Crippen molar-refractivity contribution in [1.82, 2.24) is 19.9 Å². The van der Waals surface area contributed by atoms with Gasteiger partial charge in [-0.1, -0.05) is 0 Å². The predicted molar refractivity (Wildman–Crippen MR) is 79.3 cm³/mol. The van der Waals surface area contributed by atoms with E-state index in [4.69, 9.17) is 9.57 Å². The van der Waals surface area contributed by atoms with Crippen LogP contribution in [0.15, 0.2) is 6.07 Å². The van der Waals surface area contributed by atoms with Gasteiger partial charge in [0, 0.05) is 25.5 Å². The van der Waals surface area contributed by atoms with E-state index < -0.39 is 17.7 Å². The van der Waals surface area contributed by atoms with Crippen LogP contribution in [0.3, 0.4) is 0 Å². The summed E-state index contributed by atoms with van der Waals surface area (Å²) < 4.78 is 5.16. The normalized spacial score (nSPS) is 10.9. The van der Waals surface area contributed by atoms with Crippen molar-refractivity contribution < 1.29 is 19.2 Å². The predicted octanol–water partition coefficient (Wildman–Crippen LogP) is 2.31. The zero-order valence-corrected chi connectivity index (χ0v) is 14.0. The molecule has 0 aromatic carbocycles. The van der Waals surface area contributed by atoms with Gasteiger partial charge in [-0.05, 0) is 45.7 Å². The van der Waals surface area contributed by atoms with E-state index >= 15 is 0 Å². The molecule has 0 atom stereocenters. The van der Waals surface area contributed by atoms with Crippen LogP contribution in [0.5, 0.6) is 6.01 Å². The summed E-state index contributed by atoms with van der Waals surface area (Å²) in [5, 5.41) is 0.499. The van der Waals surface area contributed by atoms with E-state index in [2.05, 4.69) is 9.97 Å². The summed E-state index contributed by atoms with van der Waals surface area (Å²) >= 11 is 0. The van der Waals surface area contributed by atoms with Gasteiger partial charge in [0.1, 0.15) is 5.60 Å². The highest BCUT2D eigenvalue weighted by Crippen LogP contribution is 2.14. The first-order chi connectivity index (χ1) is 9.99. The lowest BCUT2D eigenvalue weighted by atomic mass is 10.2. The van der Waals surface area contributed by atoms with Crippen LogP contribution in [0.1, 0.15) is 32.2 Å². The molecule has 0 aliphatic carbocycles. The summed E-state index contributed by atoms with van der Waals surface area (Å²) in [6.45, 7) is 8.59.